The summed E-state index contributed by atoms with van der Waals surface area (Å²) in [6.07, 6.45) is 0. The highest BCUT2D eigenvalue weighted by molar-refractivity contribution is 5.94. The van der Waals surface area contributed by atoms with E-state index in [0.29, 0.717) is 0 Å². The number of rotatable bonds is 4. The number of hydrogen-bond acceptors (Lipinski definition) is 5. The van der Waals surface area contributed by atoms with Crippen LogP contribution in [0.15, 0.2) is 42.5 Å². The zero-order chi connectivity index (χ0) is 19.7. The quantitative estimate of drug-likeness (QED) is 0.733. The fourth-order valence-corrected chi connectivity index (χ4v) is 3.86. The van der Waals surface area contributed by atoms with E-state index in [1.54, 1.807) is 7.11 Å². The van der Waals surface area contributed by atoms with Crippen molar-refractivity contribution in [3.05, 3.63) is 53.7 Å². The number of pyridine rings is 1. The lowest BCUT2D eigenvalue weighted by Gasteiger charge is -2.35. The summed E-state index contributed by atoms with van der Waals surface area (Å²) < 4.78 is 5.40. The van der Waals surface area contributed by atoms with Crippen LogP contribution in [0.2, 0.25) is 0 Å². The summed E-state index contributed by atoms with van der Waals surface area (Å²) >= 11 is 0. The van der Waals surface area contributed by atoms with Gasteiger partial charge in [-0.05, 0) is 68.9 Å². The van der Waals surface area contributed by atoms with Gasteiger partial charge in [-0.2, -0.15) is 0 Å². The summed E-state index contributed by atoms with van der Waals surface area (Å²) in [7, 11) is 3.88. The van der Waals surface area contributed by atoms with Gasteiger partial charge in [0.15, 0.2) is 0 Å². The lowest BCUT2D eigenvalue weighted by Crippen LogP contribution is -2.44. The van der Waals surface area contributed by atoms with Crippen LogP contribution in [0.3, 0.4) is 0 Å². The second kappa shape index (κ2) is 7.68. The van der Waals surface area contributed by atoms with Crippen molar-refractivity contribution < 1.29 is 4.74 Å². The molecule has 5 nitrogen and oxygen atoms in total. The lowest BCUT2D eigenvalue weighted by molar-refractivity contribution is 0.312. The number of fused-ring (bicyclic) bond motifs is 1. The number of aromatic nitrogens is 1. The van der Waals surface area contributed by atoms with Crippen molar-refractivity contribution >= 4 is 28.0 Å². The third kappa shape index (κ3) is 3.76. The van der Waals surface area contributed by atoms with Gasteiger partial charge in [-0.25, -0.2) is 0 Å². The molecule has 0 bridgehead atoms. The smallest absolute Gasteiger partial charge is 0.119 e. The number of aryl methyl sites for hydroxylation is 2. The molecule has 1 aliphatic rings. The highest BCUT2D eigenvalue weighted by atomic mass is 16.5. The maximum atomic E-state index is 5.40. The summed E-state index contributed by atoms with van der Waals surface area (Å²) in [5, 5.41) is 4.66. The van der Waals surface area contributed by atoms with Crippen LogP contribution in [0, 0.1) is 13.8 Å². The van der Waals surface area contributed by atoms with Gasteiger partial charge in [0, 0.05) is 54.3 Å². The number of piperazine rings is 1. The van der Waals surface area contributed by atoms with Crippen LogP contribution < -0.4 is 15.0 Å². The molecule has 0 saturated carbocycles. The molecule has 28 heavy (non-hydrogen) atoms. The molecule has 5 heteroatoms. The third-order valence-electron chi connectivity index (χ3n) is 5.46. The maximum Gasteiger partial charge on any atom is 0.119 e. The number of nitrogens with one attached hydrogen (secondary N) is 1. The molecule has 0 spiro atoms. The topological polar surface area (TPSA) is 40.6 Å². The lowest BCUT2D eigenvalue weighted by atomic mass is 10.1. The molecule has 0 aliphatic carbocycles. The first-order valence-electron chi connectivity index (χ1n) is 9.80. The zero-order valence-electron chi connectivity index (χ0n) is 17.1. The van der Waals surface area contributed by atoms with E-state index >= 15 is 0 Å². The van der Waals surface area contributed by atoms with Gasteiger partial charge in [-0.15, -0.1) is 0 Å². The van der Waals surface area contributed by atoms with Crippen molar-refractivity contribution in [3.63, 3.8) is 0 Å². The second-order valence-corrected chi connectivity index (χ2v) is 7.61. The largest absolute Gasteiger partial charge is 0.497 e. The molecule has 0 atom stereocenters. The fraction of sp³-hybridized carbons (Fsp3) is 0.348. The normalized spacial score (nSPS) is 15.1. The van der Waals surface area contributed by atoms with Gasteiger partial charge in [0.1, 0.15) is 5.75 Å². The molecular weight excluding hydrogens is 348 g/mol. The first-order chi connectivity index (χ1) is 13.5. The predicted molar refractivity (Wildman–Crippen MR) is 117 cm³/mol. The summed E-state index contributed by atoms with van der Waals surface area (Å²) in [5.74, 6) is 0.836. The average Bonchev–Trinajstić information content (AvgIpc) is 2.69. The van der Waals surface area contributed by atoms with Gasteiger partial charge in [-0.1, -0.05) is 0 Å². The zero-order valence-corrected chi connectivity index (χ0v) is 17.1. The number of anilines is 3. The van der Waals surface area contributed by atoms with Crippen molar-refractivity contribution in [2.75, 3.05) is 50.6 Å². The Morgan fingerprint density at radius 2 is 1.75 bits per heavy atom. The van der Waals surface area contributed by atoms with E-state index in [1.807, 2.05) is 25.1 Å². The van der Waals surface area contributed by atoms with Crippen LogP contribution in [-0.2, 0) is 0 Å². The summed E-state index contributed by atoms with van der Waals surface area (Å²) in [6, 6.07) is 14.7. The van der Waals surface area contributed by atoms with E-state index in [1.165, 1.54) is 11.3 Å². The third-order valence-corrected chi connectivity index (χ3v) is 5.46. The Bertz CT molecular complexity index is 993. The van der Waals surface area contributed by atoms with Crippen LogP contribution in [0.5, 0.6) is 5.75 Å². The van der Waals surface area contributed by atoms with Crippen LogP contribution in [-0.4, -0.2) is 50.2 Å². The van der Waals surface area contributed by atoms with Gasteiger partial charge < -0.3 is 19.9 Å². The summed E-state index contributed by atoms with van der Waals surface area (Å²) in [5.41, 5.74) is 6.72. The number of methoxy groups -OCH3 is 1. The molecule has 1 aliphatic heterocycles. The van der Waals surface area contributed by atoms with E-state index in [4.69, 9.17) is 4.74 Å². The first-order valence-corrected chi connectivity index (χ1v) is 9.80. The van der Waals surface area contributed by atoms with E-state index in [-0.39, 0.29) is 0 Å². The summed E-state index contributed by atoms with van der Waals surface area (Å²) in [6.45, 7) is 8.61. The molecule has 1 N–H and O–H groups in total. The monoisotopic (exact) mass is 376 g/mol. The number of benzene rings is 2. The van der Waals surface area contributed by atoms with Crippen molar-refractivity contribution in [2.24, 2.45) is 0 Å². The standard InChI is InChI=1S/C23H28N4O/c1-16-13-18(5-8-23(16)27-11-9-26(3)10-12-27)25-22-14-17(2)24-21-7-6-19(28-4)15-20(21)22/h5-8,13-15H,9-12H2,1-4H3,(H,24,25). The summed E-state index contributed by atoms with van der Waals surface area (Å²) in [4.78, 5) is 9.51. The molecule has 3 aromatic rings. The highest BCUT2D eigenvalue weighted by Crippen LogP contribution is 2.31. The number of ether oxygens (including phenoxy) is 1. The minimum atomic E-state index is 0.836. The Balaban J connectivity index is 1.63. The minimum Gasteiger partial charge on any atom is -0.497 e. The predicted octanol–water partition coefficient (Wildman–Crippen LogP) is 4.36. The molecule has 0 unspecified atom stereocenters. The van der Waals surface area contributed by atoms with Crippen molar-refractivity contribution in [3.8, 4) is 5.75 Å². The molecule has 146 valence electrons. The first kappa shape index (κ1) is 18.6. The molecule has 1 fully saturated rings. The Morgan fingerprint density at radius 1 is 0.964 bits per heavy atom. The van der Waals surface area contributed by atoms with Crippen LogP contribution in [0.1, 0.15) is 11.3 Å². The Kier molecular flexibility index (Phi) is 5.09. The van der Waals surface area contributed by atoms with Gasteiger partial charge in [0.2, 0.25) is 0 Å². The van der Waals surface area contributed by atoms with Crippen molar-refractivity contribution in [1.29, 1.82) is 0 Å². The van der Waals surface area contributed by atoms with Gasteiger partial charge in [0.05, 0.1) is 12.6 Å². The molecule has 2 aromatic carbocycles. The molecule has 0 amide bonds. The molecule has 0 radical (unpaired) electrons. The average molecular weight is 377 g/mol. The highest BCUT2D eigenvalue weighted by Gasteiger charge is 2.16. The Morgan fingerprint density at radius 3 is 2.46 bits per heavy atom. The van der Waals surface area contributed by atoms with E-state index in [0.717, 1.165) is 59.9 Å². The fourth-order valence-electron chi connectivity index (χ4n) is 3.86. The molecule has 4 rings (SSSR count). The number of hydrogen-bond donors (Lipinski definition) is 1. The van der Waals surface area contributed by atoms with Crippen molar-refractivity contribution in [1.82, 2.24) is 9.88 Å². The van der Waals surface area contributed by atoms with E-state index in [2.05, 4.69) is 58.3 Å². The van der Waals surface area contributed by atoms with E-state index < -0.39 is 0 Å². The number of nitrogens with zero attached hydrogens (tertiary/aromatic N) is 3. The SMILES string of the molecule is COc1ccc2nc(C)cc(Nc3ccc(N4CCN(C)CC4)c(C)c3)c2c1. The van der Waals surface area contributed by atoms with E-state index in [9.17, 15) is 0 Å². The van der Waals surface area contributed by atoms with Crippen LogP contribution in [0.25, 0.3) is 10.9 Å². The van der Waals surface area contributed by atoms with Crippen molar-refractivity contribution in [2.45, 2.75) is 13.8 Å². The second-order valence-electron chi connectivity index (χ2n) is 7.61. The Labute approximate surface area is 166 Å². The molecular formula is C23H28N4O. The molecule has 1 aromatic heterocycles. The molecule has 2 heterocycles. The molecule has 1 saturated heterocycles. The van der Waals surface area contributed by atoms with Gasteiger partial charge in [0.25, 0.3) is 0 Å². The number of likely N-dealkylation sites (N-methyl/N-ethyl adjacent to an activating group) is 1. The van der Waals surface area contributed by atoms with Gasteiger partial charge in [-0.3, -0.25) is 4.98 Å². The Hall–Kier alpha value is -2.79. The minimum absolute atomic E-state index is 0.836. The van der Waals surface area contributed by atoms with Gasteiger partial charge >= 0.3 is 0 Å². The van der Waals surface area contributed by atoms with Crippen LogP contribution >= 0.6 is 0 Å². The van der Waals surface area contributed by atoms with Crippen LogP contribution in [0.4, 0.5) is 17.1 Å². The maximum absolute atomic E-state index is 5.40.